The minimum atomic E-state index is -0.201. The van der Waals surface area contributed by atoms with E-state index in [2.05, 4.69) is 15.6 Å². The van der Waals surface area contributed by atoms with Gasteiger partial charge in [0.05, 0.1) is 11.0 Å². The summed E-state index contributed by atoms with van der Waals surface area (Å²) >= 11 is 0. The molecular formula is C23H19N5O2. The van der Waals surface area contributed by atoms with Gasteiger partial charge in [0.25, 0.3) is 5.91 Å². The summed E-state index contributed by atoms with van der Waals surface area (Å²) in [6, 6.07) is 22.5. The SMILES string of the molecule is O=C(Nc1ccc(-n2cnc3ccccc32)cc1)c1ccc(N2CCNC2=O)cc1. The molecule has 0 unspecified atom stereocenters. The molecule has 1 aliphatic heterocycles. The van der Waals surface area contributed by atoms with Gasteiger partial charge in [-0.2, -0.15) is 0 Å². The molecule has 5 rings (SSSR count). The molecule has 148 valence electrons. The monoisotopic (exact) mass is 397 g/mol. The molecule has 0 atom stereocenters. The highest BCUT2D eigenvalue weighted by molar-refractivity contribution is 6.04. The molecule has 3 aromatic carbocycles. The molecule has 3 amide bonds. The van der Waals surface area contributed by atoms with Crippen molar-refractivity contribution in [3.8, 4) is 5.69 Å². The predicted octanol–water partition coefficient (Wildman–Crippen LogP) is 3.81. The number of hydrogen-bond donors (Lipinski definition) is 2. The van der Waals surface area contributed by atoms with Crippen molar-refractivity contribution in [3.63, 3.8) is 0 Å². The standard InChI is InChI=1S/C23H19N5O2/c29-22(16-5-9-18(10-6-16)27-14-13-24-23(27)30)26-17-7-11-19(12-8-17)28-15-25-20-3-1-2-4-21(20)28/h1-12,15H,13-14H2,(H,24,30)(H,26,29). The van der Waals surface area contributed by atoms with E-state index in [0.29, 0.717) is 24.3 Å². The summed E-state index contributed by atoms with van der Waals surface area (Å²) in [4.78, 5) is 30.4. The molecule has 2 N–H and O–H groups in total. The minimum Gasteiger partial charge on any atom is -0.336 e. The molecule has 0 bridgehead atoms. The molecule has 30 heavy (non-hydrogen) atoms. The van der Waals surface area contributed by atoms with Crippen molar-refractivity contribution in [2.45, 2.75) is 0 Å². The first-order valence-corrected chi connectivity index (χ1v) is 9.68. The number of para-hydroxylation sites is 2. The summed E-state index contributed by atoms with van der Waals surface area (Å²) in [6.07, 6.45) is 1.79. The summed E-state index contributed by atoms with van der Waals surface area (Å²) < 4.78 is 2.01. The van der Waals surface area contributed by atoms with Crippen molar-refractivity contribution in [3.05, 3.63) is 84.7 Å². The van der Waals surface area contributed by atoms with E-state index < -0.39 is 0 Å². The van der Waals surface area contributed by atoms with E-state index in [4.69, 9.17) is 0 Å². The van der Waals surface area contributed by atoms with Crippen molar-refractivity contribution in [1.82, 2.24) is 14.9 Å². The largest absolute Gasteiger partial charge is 0.336 e. The van der Waals surface area contributed by atoms with Crippen LogP contribution in [0.25, 0.3) is 16.7 Å². The third kappa shape index (κ3) is 3.26. The van der Waals surface area contributed by atoms with Crippen LogP contribution in [0.15, 0.2) is 79.1 Å². The molecular weight excluding hydrogens is 378 g/mol. The van der Waals surface area contributed by atoms with Crippen LogP contribution < -0.4 is 15.5 Å². The van der Waals surface area contributed by atoms with E-state index in [-0.39, 0.29) is 11.9 Å². The zero-order valence-corrected chi connectivity index (χ0v) is 16.1. The van der Waals surface area contributed by atoms with Crippen molar-refractivity contribution in [1.29, 1.82) is 0 Å². The van der Waals surface area contributed by atoms with E-state index in [9.17, 15) is 9.59 Å². The summed E-state index contributed by atoms with van der Waals surface area (Å²) in [5, 5.41) is 5.67. The molecule has 1 aliphatic rings. The first-order chi connectivity index (χ1) is 14.7. The molecule has 0 aliphatic carbocycles. The molecule has 0 radical (unpaired) electrons. The van der Waals surface area contributed by atoms with Gasteiger partial charge >= 0.3 is 6.03 Å². The number of nitrogens with one attached hydrogen (secondary N) is 2. The van der Waals surface area contributed by atoms with Gasteiger partial charge in [-0.25, -0.2) is 9.78 Å². The highest BCUT2D eigenvalue weighted by Crippen LogP contribution is 2.21. The number of nitrogens with zero attached hydrogens (tertiary/aromatic N) is 3. The quantitative estimate of drug-likeness (QED) is 0.550. The van der Waals surface area contributed by atoms with Gasteiger partial charge in [0, 0.05) is 35.7 Å². The fourth-order valence-electron chi connectivity index (χ4n) is 3.58. The van der Waals surface area contributed by atoms with Gasteiger partial charge in [0.2, 0.25) is 0 Å². The Balaban J connectivity index is 1.30. The number of anilines is 2. The average molecular weight is 397 g/mol. The number of amides is 3. The molecule has 1 saturated heterocycles. The van der Waals surface area contributed by atoms with E-state index in [1.54, 1.807) is 35.5 Å². The van der Waals surface area contributed by atoms with Crippen LogP contribution >= 0.6 is 0 Å². The molecule has 4 aromatic rings. The van der Waals surface area contributed by atoms with Gasteiger partial charge in [0.15, 0.2) is 0 Å². The second-order valence-electron chi connectivity index (χ2n) is 7.03. The third-order valence-corrected chi connectivity index (χ3v) is 5.15. The fourth-order valence-corrected chi connectivity index (χ4v) is 3.58. The molecule has 1 fully saturated rings. The summed E-state index contributed by atoms with van der Waals surface area (Å²) in [6.45, 7) is 1.26. The lowest BCUT2D eigenvalue weighted by molar-refractivity contribution is 0.102. The topological polar surface area (TPSA) is 79.3 Å². The maximum absolute atomic E-state index is 12.6. The van der Waals surface area contributed by atoms with Crippen molar-refractivity contribution < 1.29 is 9.59 Å². The number of imidazole rings is 1. The smallest absolute Gasteiger partial charge is 0.321 e. The Morgan fingerprint density at radius 1 is 0.933 bits per heavy atom. The van der Waals surface area contributed by atoms with Gasteiger partial charge in [-0.3, -0.25) is 14.3 Å². The number of carbonyl (C=O) groups excluding carboxylic acids is 2. The Morgan fingerprint density at radius 2 is 1.67 bits per heavy atom. The Labute approximate surface area is 173 Å². The lowest BCUT2D eigenvalue weighted by atomic mass is 10.1. The zero-order valence-electron chi connectivity index (χ0n) is 16.1. The Kier molecular flexibility index (Phi) is 4.40. The number of aromatic nitrogens is 2. The van der Waals surface area contributed by atoms with E-state index in [0.717, 1.165) is 22.4 Å². The second-order valence-corrected chi connectivity index (χ2v) is 7.03. The number of benzene rings is 3. The first-order valence-electron chi connectivity index (χ1n) is 9.68. The van der Waals surface area contributed by atoms with Gasteiger partial charge in [-0.15, -0.1) is 0 Å². The van der Waals surface area contributed by atoms with Crippen LogP contribution in [0.5, 0.6) is 0 Å². The maximum Gasteiger partial charge on any atom is 0.321 e. The summed E-state index contributed by atoms with van der Waals surface area (Å²) in [7, 11) is 0. The van der Waals surface area contributed by atoms with E-state index in [1.165, 1.54) is 0 Å². The van der Waals surface area contributed by atoms with Gasteiger partial charge < -0.3 is 10.6 Å². The lowest BCUT2D eigenvalue weighted by Gasteiger charge is -2.14. The van der Waals surface area contributed by atoms with Crippen LogP contribution in [0.3, 0.4) is 0 Å². The Morgan fingerprint density at radius 3 is 2.40 bits per heavy atom. The summed E-state index contributed by atoms with van der Waals surface area (Å²) in [5.74, 6) is -0.201. The van der Waals surface area contributed by atoms with Crippen molar-refractivity contribution in [2.75, 3.05) is 23.3 Å². The normalized spacial score (nSPS) is 13.5. The number of rotatable bonds is 4. The van der Waals surface area contributed by atoms with Crippen LogP contribution in [-0.2, 0) is 0 Å². The molecule has 7 nitrogen and oxygen atoms in total. The van der Waals surface area contributed by atoms with Crippen LogP contribution in [0, 0.1) is 0 Å². The fraction of sp³-hybridized carbons (Fsp3) is 0.0870. The Hall–Kier alpha value is -4.13. The molecule has 7 heteroatoms. The summed E-state index contributed by atoms with van der Waals surface area (Å²) in [5.41, 5.74) is 4.94. The number of fused-ring (bicyclic) bond motifs is 1. The highest BCUT2D eigenvalue weighted by Gasteiger charge is 2.21. The van der Waals surface area contributed by atoms with E-state index in [1.807, 2.05) is 53.1 Å². The average Bonchev–Trinajstić information content (AvgIpc) is 3.41. The first kappa shape index (κ1) is 17.9. The van der Waals surface area contributed by atoms with Crippen LogP contribution in [0.2, 0.25) is 0 Å². The van der Waals surface area contributed by atoms with Gasteiger partial charge in [0.1, 0.15) is 6.33 Å². The van der Waals surface area contributed by atoms with Crippen molar-refractivity contribution >= 4 is 34.3 Å². The van der Waals surface area contributed by atoms with Crippen LogP contribution in [-0.4, -0.2) is 34.6 Å². The van der Waals surface area contributed by atoms with E-state index >= 15 is 0 Å². The Bertz CT molecular complexity index is 1230. The van der Waals surface area contributed by atoms with Crippen LogP contribution in [0.1, 0.15) is 10.4 Å². The van der Waals surface area contributed by atoms with Gasteiger partial charge in [-0.1, -0.05) is 12.1 Å². The lowest BCUT2D eigenvalue weighted by Crippen LogP contribution is -2.27. The number of urea groups is 1. The van der Waals surface area contributed by atoms with Crippen molar-refractivity contribution in [2.24, 2.45) is 0 Å². The molecule has 2 heterocycles. The predicted molar refractivity (Wildman–Crippen MR) is 116 cm³/mol. The minimum absolute atomic E-state index is 0.113. The number of hydrogen-bond acceptors (Lipinski definition) is 3. The third-order valence-electron chi connectivity index (χ3n) is 5.15. The molecule has 0 spiro atoms. The number of carbonyl (C=O) groups is 2. The zero-order chi connectivity index (χ0) is 20.5. The second kappa shape index (κ2) is 7.36. The van der Waals surface area contributed by atoms with Gasteiger partial charge in [-0.05, 0) is 60.7 Å². The molecule has 1 aromatic heterocycles. The molecule has 0 saturated carbocycles. The van der Waals surface area contributed by atoms with Crippen LogP contribution in [0.4, 0.5) is 16.2 Å². The highest BCUT2D eigenvalue weighted by atomic mass is 16.2. The maximum atomic E-state index is 12.6.